The normalized spacial score (nSPS) is 11.4. The molecule has 0 aliphatic carbocycles. The molecule has 96 valence electrons. The van der Waals surface area contributed by atoms with Crippen LogP contribution in [0.2, 0.25) is 0 Å². The number of sulfonamides is 1. The Labute approximate surface area is 102 Å². The van der Waals surface area contributed by atoms with Gasteiger partial charge in [0.1, 0.15) is 5.75 Å². The molecule has 2 N–H and O–H groups in total. The molecule has 0 radical (unpaired) electrons. The molecule has 0 heterocycles. The number of ether oxygens (including phenoxy) is 2. The van der Waals surface area contributed by atoms with Gasteiger partial charge in [0.15, 0.2) is 0 Å². The molecule has 0 amide bonds. The quantitative estimate of drug-likeness (QED) is 0.738. The van der Waals surface area contributed by atoms with Gasteiger partial charge in [-0.3, -0.25) is 0 Å². The van der Waals surface area contributed by atoms with Crippen molar-refractivity contribution in [2.24, 2.45) is 5.14 Å². The van der Waals surface area contributed by atoms with Crippen LogP contribution >= 0.6 is 0 Å². The van der Waals surface area contributed by atoms with Gasteiger partial charge < -0.3 is 9.47 Å². The van der Waals surface area contributed by atoms with Gasteiger partial charge in [-0.25, -0.2) is 13.6 Å². The Balaban J connectivity index is 2.38. The van der Waals surface area contributed by atoms with Crippen LogP contribution in [0.25, 0.3) is 0 Å². The highest BCUT2D eigenvalue weighted by molar-refractivity contribution is 7.89. The van der Waals surface area contributed by atoms with E-state index in [1.165, 1.54) is 0 Å². The van der Waals surface area contributed by atoms with E-state index >= 15 is 0 Å². The van der Waals surface area contributed by atoms with Gasteiger partial charge in [-0.15, -0.1) is 0 Å². The van der Waals surface area contributed by atoms with Gasteiger partial charge in [-0.05, 0) is 24.1 Å². The maximum atomic E-state index is 10.7. The summed E-state index contributed by atoms with van der Waals surface area (Å²) in [5, 5.41) is 4.88. The van der Waals surface area contributed by atoms with E-state index in [-0.39, 0.29) is 5.75 Å². The van der Waals surface area contributed by atoms with Crippen molar-refractivity contribution in [1.29, 1.82) is 0 Å². The lowest BCUT2D eigenvalue weighted by Gasteiger charge is -2.07. The monoisotopic (exact) mass is 259 g/mol. The first kappa shape index (κ1) is 14.0. The van der Waals surface area contributed by atoms with E-state index in [1.807, 2.05) is 24.3 Å². The second kappa shape index (κ2) is 6.58. The molecule has 0 atom stereocenters. The molecule has 17 heavy (non-hydrogen) atoms. The minimum atomic E-state index is -3.40. The molecule has 5 nitrogen and oxygen atoms in total. The lowest BCUT2D eigenvalue weighted by atomic mass is 10.2. The summed E-state index contributed by atoms with van der Waals surface area (Å²) in [6.07, 6.45) is 0.382. The fourth-order valence-corrected chi connectivity index (χ4v) is 1.86. The molecule has 1 aromatic carbocycles. The summed E-state index contributed by atoms with van der Waals surface area (Å²) < 4.78 is 31.8. The summed E-state index contributed by atoms with van der Waals surface area (Å²) in [4.78, 5) is 0. The molecule has 6 heteroatoms. The van der Waals surface area contributed by atoms with Crippen molar-refractivity contribution in [3.63, 3.8) is 0 Å². The SMILES string of the molecule is COCc1cccc(OCCCS(N)(=O)=O)c1. The average Bonchev–Trinajstić information content (AvgIpc) is 2.24. The van der Waals surface area contributed by atoms with Gasteiger partial charge in [-0.1, -0.05) is 12.1 Å². The van der Waals surface area contributed by atoms with Gasteiger partial charge in [0.2, 0.25) is 10.0 Å². The van der Waals surface area contributed by atoms with Crippen LogP contribution in [0.3, 0.4) is 0 Å². The molecule has 0 fully saturated rings. The molecule has 0 bridgehead atoms. The van der Waals surface area contributed by atoms with E-state index in [9.17, 15) is 8.42 Å². The molecule has 0 saturated heterocycles. The van der Waals surface area contributed by atoms with Gasteiger partial charge in [0, 0.05) is 7.11 Å². The van der Waals surface area contributed by atoms with E-state index in [1.54, 1.807) is 7.11 Å². The molecule has 0 spiro atoms. The molecular formula is C11H17NO4S. The molecule has 0 unspecified atom stereocenters. The summed E-state index contributed by atoms with van der Waals surface area (Å²) in [7, 11) is -1.77. The first-order valence-corrected chi connectivity index (χ1v) is 6.94. The summed E-state index contributed by atoms with van der Waals surface area (Å²) in [5.41, 5.74) is 1.01. The van der Waals surface area contributed by atoms with Crippen molar-refractivity contribution in [3.8, 4) is 5.75 Å². The third-order valence-corrected chi connectivity index (χ3v) is 2.91. The standard InChI is InChI=1S/C11H17NO4S/c1-15-9-10-4-2-5-11(8-10)16-6-3-7-17(12,13)14/h2,4-5,8H,3,6-7,9H2,1H3,(H2,12,13,14). The zero-order valence-corrected chi connectivity index (χ0v) is 10.6. The van der Waals surface area contributed by atoms with Crippen molar-refractivity contribution in [1.82, 2.24) is 0 Å². The van der Waals surface area contributed by atoms with Crippen molar-refractivity contribution in [3.05, 3.63) is 29.8 Å². The number of rotatable bonds is 7. The van der Waals surface area contributed by atoms with Crippen LogP contribution in [0.4, 0.5) is 0 Å². The number of hydrogen-bond acceptors (Lipinski definition) is 4. The van der Waals surface area contributed by atoms with Crippen LogP contribution in [0.15, 0.2) is 24.3 Å². The van der Waals surface area contributed by atoms with Crippen molar-refractivity contribution >= 4 is 10.0 Å². The lowest BCUT2D eigenvalue weighted by Crippen LogP contribution is -2.18. The highest BCUT2D eigenvalue weighted by Crippen LogP contribution is 2.14. The summed E-state index contributed by atoms with van der Waals surface area (Å²) in [5.74, 6) is 0.638. The Bertz CT molecular complexity index is 445. The molecule has 1 rings (SSSR count). The van der Waals surface area contributed by atoms with Crippen LogP contribution in [-0.4, -0.2) is 27.9 Å². The number of methoxy groups -OCH3 is 1. The van der Waals surface area contributed by atoms with Crippen LogP contribution in [-0.2, 0) is 21.4 Å². The van der Waals surface area contributed by atoms with Gasteiger partial charge >= 0.3 is 0 Å². The molecule has 0 aliphatic rings. The number of hydrogen-bond donors (Lipinski definition) is 1. The van der Waals surface area contributed by atoms with Crippen LogP contribution in [0.5, 0.6) is 5.75 Å². The third kappa shape index (κ3) is 6.25. The molecule has 1 aromatic rings. The minimum Gasteiger partial charge on any atom is -0.494 e. The first-order chi connectivity index (χ1) is 8.01. The van der Waals surface area contributed by atoms with Crippen LogP contribution in [0, 0.1) is 0 Å². The predicted molar refractivity (Wildman–Crippen MR) is 65.2 cm³/mol. The highest BCUT2D eigenvalue weighted by Gasteiger charge is 2.02. The van der Waals surface area contributed by atoms with Gasteiger partial charge in [0.25, 0.3) is 0 Å². The Kier molecular flexibility index (Phi) is 5.40. The maximum absolute atomic E-state index is 10.7. The molecule has 0 aromatic heterocycles. The molecular weight excluding hydrogens is 242 g/mol. The topological polar surface area (TPSA) is 78.6 Å². The second-order valence-corrected chi connectivity index (χ2v) is 5.38. The zero-order valence-electron chi connectivity index (χ0n) is 9.76. The number of benzene rings is 1. The predicted octanol–water partition coefficient (Wildman–Crippen LogP) is 0.890. The van der Waals surface area contributed by atoms with E-state index in [2.05, 4.69) is 0 Å². The summed E-state index contributed by atoms with van der Waals surface area (Å²) in [6, 6.07) is 7.47. The zero-order chi connectivity index (χ0) is 12.7. The molecule has 0 aliphatic heterocycles. The number of nitrogens with two attached hydrogens (primary N) is 1. The summed E-state index contributed by atoms with van der Waals surface area (Å²) >= 11 is 0. The Morgan fingerprint density at radius 3 is 2.76 bits per heavy atom. The largest absolute Gasteiger partial charge is 0.494 e. The van der Waals surface area contributed by atoms with Crippen molar-refractivity contribution < 1.29 is 17.9 Å². The van der Waals surface area contributed by atoms with Gasteiger partial charge in [0.05, 0.1) is 19.0 Å². The average molecular weight is 259 g/mol. The highest BCUT2D eigenvalue weighted by atomic mass is 32.2. The van der Waals surface area contributed by atoms with E-state index in [4.69, 9.17) is 14.6 Å². The van der Waals surface area contributed by atoms with Crippen molar-refractivity contribution in [2.75, 3.05) is 19.5 Å². The third-order valence-electron chi connectivity index (χ3n) is 2.05. The van der Waals surface area contributed by atoms with Crippen molar-refractivity contribution in [2.45, 2.75) is 13.0 Å². The fourth-order valence-electron chi connectivity index (χ4n) is 1.34. The van der Waals surface area contributed by atoms with Crippen LogP contribution < -0.4 is 9.88 Å². The van der Waals surface area contributed by atoms with Crippen LogP contribution in [0.1, 0.15) is 12.0 Å². The summed E-state index contributed by atoms with van der Waals surface area (Å²) in [6.45, 7) is 0.848. The Hall–Kier alpha value is -1.11. The lowest BCUT2D eigenvalue weighted by molar-refractivity contribution is 0.184. The van der Waals surface area contributed by atoms with E-state index in [0.29, 0.717) is 25.4 Å². The smallest absolute Gasteiger partial charge is 0.209 e. The fraction of sp³-hybridized carbons (Fsp3) is 0.455. The minimum absolute atomic E-state index is 0.0647. The van der Waals surface area contributed by atoms with E-state index in [0.717, 1.165) is 5.56 Å². The number of primary sulfonamides is 1. The maximum Gasteiger partial charge on any atom is 0.209 e. The first-order valence-electron chi connectivity index (χ1n) is 5.22. The Morgan fingerprint density at radius 1 is 1.35 bits per heavy atom. The van der Waals surface area contributed by atoms with Gasteiger partial charge in [-0.2, -0.15) is 0 Å². The molecule has 0 saturated carbocycles. The Morgan fingerprint density at radius 2 is 2.12 bits per heavy atom. The van der Waals surface area contributed by atoms with E-state index < -0.39 is 10.0 Å². The second-order valence-electron chi connectivity index (χ2n) is 3.65.